The zero-order valence-corrected chi connectivity index (χ0v) is 12.9. The van der Waals surface area contributed by atoms with Crippen molar-refractivity contribution in [2.45, 2.75) is 33.2 Å². The molecular formula is C17H18N4O. The van der Waals surface area contributed by atoms with E-state index in [1.54, 1.807) is 18.6 Å². The standard InChI is InChI=1S/C17H18N4O/c1-4-12-5-13(7-18-6-12)16(22)15-9-21(11(2)3)17-14(15)8-19-10-20-17/h5-11H,4H2,1-3H3. The van der Waals surface area contributed by atoms with Crippen molar-refractivity contribution in [1.82, 2.24) is 19.5 Å². The highest BCUT2D eigenvalue weighted by Crippen LogP contribution is 2.24. The van der Waals surface area contributed by atoms with Crippen LogP contribution in [0.3, 0.4) is 0 Å². The molecule has 5 heteroatoms. The largest absolute Gasteiger partial charge is 0.329 e. The number of nitrogens with zero attached hydrogens (tertiary/aromatic N) is 4. The van der Waals surface area contributed by atoms with Gasteiger partial charge in [0.2, 0.25) is 0 Å². The number of fused-ring (bicyclic) bond motifs is 1. The number of rotatable bonds is 4. The lowest BCUT2D eigenvalue weighted by Gasteiger charge is -2.07. The van der Waals surface area contributed by atoms with E-state index in [-0.39, 0.29) is 11.8 Å². The van der Waals surface area contributed by atoms with Crippen LogP contribution >= 0.6 is 0 Å². The molecular weight excluding hydrogens is 276 g/mol. The molecule has 3 aromatic heterocycles. The molecule has 0 aliphatic carbocycles. The number of hydrogen-bond acceptors (Lipinski definition) is 4. The van der Waals surface area contributed by atoms with Crippen molar-refractivity contribution >= 4 is 16.8 Å². The van der Waals surface area contributed by atoms with Gasteiger partial charge in [0, 0.05) is 41.8 Å². The van der Waals surface area contributed by atoms with Crippen LogP contribution in [0, 0.1) is 0 Å². The fourth-order valence-electron chi connectivity index (χ4n) is 2.52. The molecule has 0 N–H and O–H groups in total. The Balaban J connectivity index is 2.15. The lowest BCUT2D eigenvalue weighted by atomic mass is 10.0. The van der Waals surface area contributed by atoms with Crippen LogP contribution in [0.2, 0.25) is 0 Å². The summed E-state index contributed by atoms with van der Waals surface area (Å²) in [6.45, 7) is 6.17. The van der Waals surface area contributed by atoms with Gasteiger partial charge in [0.25, 0.3) is 0 Å². The molecule has 5 nitrogen and oxygen atoms in total. The highest BCUT2D eigenvalue weighted by Gasteiger charge is 2.19. The second-order valence-electron chi connectivity index (χ2n) is 5.57. The Labute approximate surface area is 129 Å². The molecule has 0 aliphatic heterocycles. The van der Waals surface area contributed by atoms with E-state index < -0.39 is 0 Å². The minimum absolute atomic E-state index is 0.0398. The summed E-state index contributed by atoms with van der Waals surface area (Å²) < 4.78 is 2.00. The quantitative estimate of drug-likeness (QED) is 0.693. The number of pyridine rings is 1. The van der Waals surface area contributed by atoms with Crippen LogP contribution in [0.1, 0.15) is 48.3 Å². The van der Waals surface area contributed by atoms with Gasteiger partial charge in [-0.1, -0.05) is 6.92 Å². The van der Waals surface area contributed by atoms with Crippen LogP contribution in [0.15, 0.2) is 37.2 Å². The average Bonchev–Trinajstić information content (AvgIpc) is 2.94. The molecule has 0 fully saturated rings. The monoisotopic (exact) mass is 294 g/mol. The second kappa shape index (κ2) is 5.67. The molecule has 0 unspecified atom stereocenters. The third kappa shape index (κ3) is 2.39. The number of hydrogen-bond donors (Lipinski definition) is 0. The van der Waals surface area contributed by atoms with Gasteiger partial charge in [-0.2, -0.15) is 0 Å². The summed E-state index contributed by atoms with van der Waals surface area (Å²) in [4.78, 5) is 25.4. The first kappa shape index (κ1) is 14.4. The Morgan fingerprint density at radius 1 is 1.23 bits per heavy atom. The maximum Gasteiger partial charge on any atom is 0.196 e. The summed E-state index contributed by atoms with van der Waals surface area (Å²) >= 11 is 0. The van der Waals surface area contributed by atoms with E-state index >= 15 is 0 Å². The Kier molecular flexibility index (Phi) is 3.71. The van der Waals surface area contributed by atoms with Gasteiger partial charge >= 0.3 is 0 Å². The van der Waals surface area contributed by atoms with Crippen LogP contribution in [-0.2, 0) is 6.42 Å². The molecule has 0 aromatic carbocycles. The van der Waals surface area contributed by atoms with Crippen LogP contribution in [-0.4, -0.2) is 25.3 Å². The van der Waals surface area contributed by atoms with E-state index in [0.717, 1.165) is 23.0 Å². The SMILES string of the molecule is CCc1cncc(C(=O)c2cn(C(C)C)c3ncncc23)c1. The van der Waals surface area contributed by atoms with E-state index in [9.17, 15) is 4.79 Å². The van der Waals surface area contributed by atoms with Gasteiger partial charge in [0.05, 0.1) is 5.56 Å². The maximum absolute atomic E-state index is 12.9. The van der Waals surface area contributed by atoms with Crippen molar-refractivity contribution in [3.05, 3.63) is 53.9 Å². The molecule has 22 heavy (non-hydrogen) atoms. The summed E-state index contributed by atoms with van der Waals surface area (Å²) in [6.07, 6.45) is 9.33. The number of carbonyl (C=O) groups is 1. The van der Waals surface area contributed by atoms with Gasteiger partial charge in [-0.3, -0.25) is 9.78 Å². The summed E-state index contributed by atoms with van der Waals surface area (Å²) in [5.74, 6) is -0.0398. The zero-order valence-electron chi connectivity index (χ0n) is 12.9. The zero-order chi connectivity index (χ0) is 15.7. The van der Waals surface area contributed by atoms with Crippen molar-refractivity contribution in [2.24, 2.45) is 0 Å². The van der Waals surface area contributed by atoms with Gasteiger partial charge in [0.15, 0.2) is 5.78 Å². The predicted molar refractivity (Wildman–Crippen MR) is 85.0 cm³/mol. The topological polar surface area (TPSA) is 60.7 Å². The fourth-order valence-corrected chi connectivity index (χ4v) is 2.52. The van der Waals surface area contributed by atoms with Crippen molar-refractivity contribution in [1.29, 1.82) is 0 Å². The van der Waals surface area contributed by atoms with E-state index in [1.165, 1.54) is 6.33 Å². The van der Waals surface area contributed by atoms with Crippen LogP contribution < -0.4 is 0 Å². The van der Waals surface area contributed by atoms with Gasteiger partial charge in [0.1, 0.15) is 12.0 Å². The average molecular weight is 294 g/mol. The maximum atomic E-state index is 12.9. The molecule has 0 amide bonds. The van der Waals surface area contributed by atoms with Crippen LogP contribution in [0.25, 0.3) is 11.0 Å². The minimum Gasteiger partial charge on any atom is -0.329 e. The molecule has 0 saturated heterocycles. The van der Waals surface area contributed by atoms with E-state index in [1.807, 2.05) is 23.8 Å². The number of ketones is 1. The van der Waals surface area contributed by atoms with Gasteiger partial charge < -0.3 is 4.57 Å². The van der Waals surface area contributed by atoms with Crippen LogP contribution in [0.4, 0.5) is 0 Å². The lowest BCUT2D eigenvalue weighted by molar-refractivity contribution is 0.103. The van der Waals surface area contributed by atoms with Crippen molar-refractivity contribution in [2.75, 3.05) is 0 Å². The number of carbonyl (C=O) groups excluding carboxylic acids is 1. The summed E-state index contributed by atoms with van der Waals surface area (Å²) in [7, 11) is 0. The number of aromatic nitrogens is 4. The van der Waals surface area contributed by atoms with E-state index in [0.29, 0.717) is 11.1 Å². The lowest BCUT2D eigenvalue weighted by Crippen LogP contribution is -2.03. The van der Waals surface area contributed by atoms with Crippen molar-refractivity contribution in [3.8, 4) is 0 Å². The summed E-state index contributed by atoms with van der Waals surface area (Å²) in [6, 6.07) is 2.12. The normalized spacial score (nSPS) is 11.3. The van der Waals surface area contributed by atoms with E-state index in [4.69, 9.17) is 0 Å². The molecule has 0 spiro atoms. The molecule has 112 valence electrons. The molecule has 0 aliphatic rings. The van der Waals surface area contributed by atoms with Gasteiger partial charge in [-0.25, -0.2) is 9.97 Å². The predicted octanol–water partition coefficient (Wildman–Crippen LogP) is 3.20. The fraction of sp³-hybridized carbons (Fsp3) is 0.294. The molecule has 0 atom stereocenters. The minimum atomic E-state index is -0.0398. The molecule has 0 saturated carbocycles. The summed E-state index contributed by atoms with van der Waals surface area (Å²) in [5.41, 5.74) is 3.06. The smallest absolute Gasteiger partial charge is 0.196 e. The third-order valence-corrected chi connectivity index (χ3v) is 3.76. The van der Waals surface area contributed by atoms with Crippen molar-refractivity contribution < 1.29 is 4.79 Å². The van der Waals surface area contributed by atoms with Gasteiger partial charge in [-0.05, 0) is 31.9 Å². The molecule has 3 rings (SSSR count). The Morgan fingerprint density at radius 2 is 2.05 bits per heavy atom. The first-order valence-electron chi connectivity index (χ1n) is 7.41. The third-order valence-electron chi connectivity index (χ3n) is 3.76. The molecule has 0 bridgehead atoms. The Hall–Kier alpha value is -2.56. The molecule has 3 aromatic rings. The van der Waals surface area contributed by atoms with Crippen LogP contribution in [0.5, 0.6) is 0 Å². The van der Waals surface area contributed by atoms with E-state index in [2.05, 4.69) is 28.8 Å². The molecule has 3 heterocycles. The highest BCUT2D eigenvalue weighted by atomic mass is 16.1. The van der Waals surface area contributed by atoms with Crippen molar-refractivity contribution in [3.63, 3.8) is 0 Å². The highest BCUT2D eigenvalue weighted by molar-refractivity contribution is 6.15. The Morgan fingerprint density at radius 3 is 2.77 bits per heavy atom. The Bertz CT molecular complexity index is 836. The molecule has 0 radical (unpaired) electrons. The first-order chi connectivity index (χ1) is 10.6. The number of aryl methyl sites for hydroxylation is 1. The first-order valence-corrected chi connectivity index (χ1v) is 7.41. The summed E-state index contributed by atoms with van der Waals surface area (Å²) in [5, 5.41) is 0.781. The second-order valence-corrected chi connectivity index (χ2v) is 5.57. The van der Waals surface area contributed by atoms with Gasteiger partial charge in [-0.15, -0.1) is 0 Å².